The van der Waals surface area contributed by atoms with Gasteiger partial charge in [0, 0.05) is 9.89 Å². The molecule has 0 aliphatic heterocycles. The molecular weight excluding hydrogens is 252 g/mol. The number of H-pyrrole nitrogens is 1. The Kier molecular flexibility index (Phi) is 2.38. The van der Waals surface area contributed by atoms with Gasteiger partial charge in [-0.2, -0.15) is 0 Å². The van der Waals surface area contributed by atoms with Crippen molar-refractivity contribution in [3.63, 3.8) is 0 Å². The van der Waals surface area contributed by atoms with Gasteiger partial charge < -0.3 is 4.98 Å². The number of benzene rings is 1. The quantitative estimate of drug-likeness (QED) is 0.769. The van der Waals surface area contributed by atoms with E-state index in [2.05, 4.69) is 65.7 Å². The zero-order chi connectivity index (χ0) is 11.2. The summed E-state index contributed by atoms with van der Waals surface area (Å²) in [6.07, 6.45) is 0. The molecule has 1 heterocycles. The van der Waals surface area contributed by atoms with Crippen molar-refractivity contribution in [2.45, 2.75) is 33.1 Å². The summed E-state index contributed by atoms with van der Waals surface area (Å²) in [5.41, 5.74) is 3.44. The molecule has 2 nitrogen and oxygen atoms in total. The smallest absolute Gasteiger partial charge is 0.112 e. The van der Waals surface area contributed by atoms with Crippen LogP contribution < -0.4 is 0 Å². The maximum Gasteiger partial charge on any atom is 0.112 e. The topological polar surface area (TPSA) is 28.7 Å². The Hall–Kier alpha value is -0.830. The van der Waals surface area contributed by atoms with E-state index in [0.29, 0.717) is 0 Å². The van der Waals surface area contributed by atoms with Gasteiger partial charge >= 0.3 is 0 Å². The zero-order valence-electron chi connectivity index (χ0n) is 9.48. The van der Waals surface area contributed by atoms with Crippen molar-refractivity contribution in [2.24, 2.45) is 0 Å². The lowest BCUT2D eigenvalue weighted by Crippen LogP contribution is -2.12. The van der Waals surface area contributed by atoms with Crippen molar-refractivity contribution in [3.8, 4) is 0 Å². The summed E-state index contributed by atoms with van der Waals surface area (Å²) >= 11 is 3.50. The van der Waals surface area contributed by atoms with Gasteiger partial charge in [-0.05, 0) is 24.6 Å². The second-order valence-electron chi connectivity index (χ2n) is 4.95. The number of nitrogens with zero attached hydrogens (tertiary/aromatic N) is 1. The maximum absolute atomic E-state index is 4.65. The molecule has 0 saturated heterocycles. The molecule has 3 heteroatoms. The third-order valence-corrected chi connectivity index (χ3v) is 2.91. The standard InChI is InChI=1S/C12H15BrN2/c1-7-5-8(13)6-9-10(7)15-11(14-9)12(2,3)4/h5-6H,1-4H3,(H,14,15). The molecule has 0 atom stereocenters. The fraction of sp³-hybridized carbons (Fsp3) is 0.417. The monoisotopic (exact) mass is 266 g/mol. The van der Waals surface area contributed by atoms with E-state index >= 15 is 0 Å². The van der Waals surface area contributed by atoms with Gasteiger partial charge in [-0.25, -0.2) is 4.98 Å². The van der Waals surface area contributed by atoms with Crippen molar-refractivity contribution in [2.75, 3.05) is 0 Å². The number of aromatic nitrogens is 2. The summed E-state index contributed by atoms with van der Waals surface area (Å²) in [6, 6.07) is 4.17. The number of fused-ring (bicyclic) bond motifs is 1. The van der Waals surface area contributed by atoms with E-state index in [9.17, 15) is 0 Å². The van der Waals surface area contributed by atoms with Crippen molar-refractivity contribution >= 4 is 27.0 Å². The molecule has 1 N–H and O–H groups in total. The van der Waals surface area contributed by atoms with E-state index in [0.717, 1.165) is 21.3 Å². The van der Waals surface area contributed by atoms with Crippen LogP contribution >= 0.6 is 15.9 Å². The molecule has 0 bridgehead atoms. The predicted molar refractivity (Wildman–Crippen MR) is 67.2 cm³/mol. The van der Waals surface area contributed by atoms with Crippen LogP contribution in [0.4, 0.5) is 0 Å². The van der Waals surface area contributed by atoms with Crippen molar-refractivity contribution in [1.82, 2.24) is 9.97 Å². The third kappa shape index (κ3) is 1.93. The van der Waals surface area contributed by atoms with Crippen LogP contribution in [0.1, 0.15) is 32.2 Å². The summed E-state index contributed by atoms with van der Waals surface area (Å²) in [6.45, 7) is 8.57. The van der Waals surface area contributed by atoms with Gasteiger partial charge in [0.1, 0.15) is 5.82 Å². The average Bonchev–Trinajstić information content (AvgIpc) is 2.46. The summed E-state index contributed by atoms with van der Waals surface area (Å²) in [5.74, 6) is 1.04. The molecule has 1 aromatic carbocycles. The molecule has 2 aromatic rings. The zero-order valence-corrected chi connectivity index (χ0v) is 11.1. The molecule has 0 aliphatic rings. The molecule has 15 heavy (non-hydrogen) atoms. The first-order chi connectivity index (χ1) is 6.88. The van der Waals surface area contributed by atoms with E-state index in [4.69, 9.17) is 0 Å². The van der Waals surface area contributed by atoms with Crippen molar-refractivity contribution in [1.29, 1.82) is 0 Å². The van der Waals surface area contributed by atoms with Gasteiger partial charge in [-0.3, -0.25) is 0 Å². The van der Waals surface area contributed by atoms with Crippen molar-refractivity contribution < 1.29 is 0 Å². The Balaban J connectivity index is 2.71. The van der Waals surface area contributed by atoms with E-state index in [-0.39, 0.29) is 5.41 Å². The molecular formula is C12H15BrN2. The molecule has 0 amide bonds. The number of aromatic amines is 1. The highest BCUT2D eigenvalue weighted by Gasteiger charge is 2.18. The molecule has 0 spiro atoms. The second kappa shape index (κ2) is 3.34. The lowest BCUT2D eigenvalue weighted by atomic mass is 9.96. The summed E-state index contributed by atoms with van der Waals surface area (Å²) in [4.78, 5) is 8.02. The Bertz CT molecular complexity index is 506. The minimum atomic E-state index is 0.0674. The Labute approximate surface area is 98.2 Å². The van der Waals surface area contributed by atoms with Gasteiger partial charge in [-0.1, -0.05) is 36.7 Å². The third-order valence-electron chi connectivity index (χ3n) is 2.45. The first kappa shape index (κ1) is 10.7. The van der Waals surface area contributed by atoms with Gasteiger partial charge in [0.2, 0.25) is 0 Å². The first-order valence-electron chi connectivity index (χ1n) is 5.04. The molecule has 0 fully saturated rings. The van der Waals surface area contributed by atoms with Crippen LogP contribution in [0.25, 0.3) is 11.0 Å². The fourth-order valence-electron chi connectivity index (χ4n) is 1.60. The number of hydrogen-bond acceptors (Lipinski definition) is 1. The number of aryl methyl sites for hydroxylation is 1. The number of nitrogens with one attached hydrogen (secondary N) is 1. The Morgan fingerprint density at radius 1 is 1.27 bits per heavy atom. The highest BCUT2D eigenvalue weighted by atomic mass is 79.9. The van der Waals surface area contributed by atoms with Gasteiger partial charge in [0.25, 0.3) is 0 Å². The summed E-state index contributed by atoms with van der Waals surface area (Å²) in [5, 5.41) is 0. The molecule has 80 valence electrons. The average molecular weight is 267 g/mol. The molecule has 1 aromatic heterocycles. The molecule has 0 saturated carbocycles. The van der Waals surface area contributed by atoms with Gasteiger partial charge in [-0.15, -0.1) is 0 Å². The Morgan fingerprint density at radius 2 is 1.93 bits per heavy atom. The number of hydrogen-bond donors (Lipinski definition) is 1. The van der Waals surface area contributed by atoms with Crippen molar-refractivity contribution in [3.05, 3.63) is 28.0 Å². The second-order valence-corrected chi connectivity index (χ2v) is 5.87. The van der Waals surface area contributed by atoms with Crippen LogP contribution in [0.3, 0.4) is 0 Å². The van der Waals surface area contributed by atoms with Gasteiger partial charge in [0.15, 0.2) is 0 Å². The Morgan fingerprint density at radius 3 is 2.53 bits per heavy atom. The lowest BCUT2D eigenvalue weighted by molar-refractivity contribution is 0.554. The van der Waals surface area contributed by atoms with E-state index in [1.807, 2.05) is 0 Å². The largest absolute Gasteiger partial charge is 0.341 e. The number of rotatable bonds is 0. The molecule has 2 rings (SSSR count). The van der Waals surface area contributed by atoms with Crippen LogP contribution in [0.2, 0.25) is 0 Å². The minimum absolute atomic E-state index is 0.0674. The van der Waals surface area contributed by atoms with Crippen LogP contribution in [0, 0.1) is 6.92 Å². The predicted octanol–water partition coefficient (Wildman–Crippen LogP) is 3.93. The number of halogens is 1. The minimum Gasteiger partial charge on any atom is -0.341 e. The normalized spacial score (nSPS) is 12.3. The molecule has 0 radical (unpaired) electrons. The molecule has 0 aliphatic carbocycles. The molecule has 0 unspecified atom stereocenters. The fourth-order valence-corrected chi connectivity index (χ4v) is 2.17. The lowest BCUT2D eigenvalue weighted by Gasteiger charge is -2.13. The highest BCUT2D eigenvalue weighted by molar-refractivity contribution is 9.10. The van der Waals surface area contributed by atoms with E-state index < -0.39 is 0 Å². The number of imidazole rings is 1. The first-order valence-corrected chi connectivity index (χ1v) is 5.83. The van der Waals surface area contributed by atoms with Crippen LogP contribution in [-0.2, 0) is 5.41 Å². The SMILES string of the molecule is Cc1cc(Br)cc2[nH]c(C(C)(C)C)nc12. The highest BCUT2D eigenvalue weighted by Crippen LogP contribution is 2.26. The van der Waals surface area contributed by atoms with E-state index in [1.54, 1.807) is 0 Å². The van der Waals surface area contributed by atoms with Crippen LogP contribution in [0.15, 0.2) is 16.6 Å². The summed E-state index contributed by atoms with van der Waals surface area (Å²) in [7, 11) is 0. The van der Waals surface area contributed by atoms with Crippen LogP contribution in [-0.4, -0.2) is 9.97 Å². The van der Waals surface area contributed by atoms with Crippen LogP contribution in [0.5, 0.6) is 0 Å². The maximum atomic E-state index is 4.65. The summed E-state index contributed by atoms with van der Waals surface area (Å²) < 4.78 is 1.09. The van der Waals surface area contributed by atoms with Gasteiger partial charge in [0.05, 0.1) is 11.0 Å². The van der Waals surface area contributed by atoms with E-state index in [1.165, 1.54) is 5.56 Å².